The van der Waals surface area contributed by atoms with Crippen LogP contribution in [0.15, 0.2) is 4.99 Å². The Balaban J connectivity index is 2.09. The summed E-state index contributed by atoms with van der Waals surface area (Å²) in [5.41, 5.74) is 16.9. The molecule has 6 amide bonds. The standard InChI is InChI=1S/C33H58N10O8/c1-17(2)16-21(34)27(45)40-22(10-7-13-37-33(35)36)31(49)42-14-8-11-23(42)28(46)41-25(18(3)4)29(47)38-19(5)26(44)39-20(6)30(48)43-15-9-12-24(43)32(50)51/h17-25H,7-16,34H2,1-6H3,(H,38,47)(H,39,44)(H,40,45)(H,41,46)(H,50,51)(H4,35,36,37)/t19-,20-,21-,22-,23-,24-,25-/m0/s1. The Hall–Kier alpha value is -4.48. The predicted octanol–water partition coefficient (Wildman–Crippen LogP) is -1.88. The molecule has 0 aromatic carbocycles. The average molecular weight is 723 g/mol. The second-order valence-electron chi connectivity index (χ2n) is 14.2. The quantitative estimate of drug-likeness (QED) is 0.0440. The number of carboxylic acids is 1. The Morgan fingerprint density at radius 3 is 1.88 bits per heavy atom. The van der Waals surface area contributed by atoms with Crippen LogP contribution in [-0.4, -0.2) is 124 Å². The summed E-state index contributed by atoms with van der Waals surface area (Å²) in [6, 6.07) is -6.90. The number of hydrogen-bond donors (Lipinski definition) is 8. The summed E-state index contributed by atoms with van der Waals surface area (Å²) >= 11 is 0. The maximum Gasteiger partial charge on any atom is 0.326 e. The number of aliphatic carboxylic acids is 1. The van der Waals surface area contributed by atoms with E-state index in [4.69, 9.17) is 17.2 Å². The minimum Gasteiger partial charge on any atom is -0.480 e. The highest BCUT2D eigenvalue weighted by molar-refractivity contribution is 5.97. The summed E-state index contributed by atoms with van der Waals surface area (Å²) in [6.07, 6.45) is 2.69. The molecular weight excluding hydrogens is 664 g/mol. The summed E-state index contributed by atoms with van der Waals surface area (Å²) in [5.74, 6) is -4.85. The van der Waals surface area contributed by atoms with Crippen molar-refractivity contribution in [2.45, 2.75) is 129 Å². The Bertz CT molecular complexity index is 1300. The third-order valence-electron chi connectivity index (χ3n) is 9.01. The number of nitrogens with zero attached hydrogens (tertiary/aromatic N) is 3. The number of hydrogen-bond acceptors (Lipinski definition) is 9. The van der Waals surface area contributed by atoms with Crippen LogP contribution in [-0.2, 0) is 33.6 Å². The van der Waals surface area contributed by atoms with Crippen LogP contribution in [0.2, 0.25) is 0 Å². The van der Waals surface area contributed by atoms with Gasteiger partial charge in [-0.1, -0.05) is 27.7 Å². The highest BCUT2D eigenvalue weighted by atomic mass is 16.4. The fraction of sp³-hybridized carbons (Fsp3) is 0.758. The fourth-order valence-electron chi connectivity index (χ4n) is 6.25. The van der Waals surface area contributed by atoms with E-state index in [9.17, 15) is 38.7 Å². The van der Waals surface area contributed by atoms with Gasteiger partial charge in [-0.2, -0.15) is 0 Å². The number of nitrogens with one attached hydrogen (secondary N) is 4. The molecule has 2 aliphatic heterocycles. The minimum absolute atomic E-state index is 0.103. The first-order valence-electron chi connectivity index (χ1n) is 17.7. The molecule has 0 unspecified atom stereocenters. The van der Waals surface area contributed by atoms with Crippen LogP contribution >= 0.6 is 0 Å². The smallest absolute Gasteiger partial charge is 0.326 e. The van der Waals surface area contributed by atoms with Crippen molar-refractivity contribution in [3.8, 4) is 0 Å². The Kier molecular flexibility index (Phi) is 16.6. The first-order chi connectivity index (χ1) is 23.8. The molecule has 2 saturated heterocycles. The van der Waals surface area contributed by atoms with Gasteiger partial charge in [0, 0.05) is 19.6 Å². The lowest BCUT2D eigenvalue weighted by atomic mass is 10.0. The SMILES string of the molecule is CC(C)C[C@H](N)C(=O)N[C@@H](CCCN=C(N)N)C(=O)N1CCC[C@H]1C(=O)N[C@H](C(=O)N[C@@H](C)C(=O)N[C@@H](C)C(=O)N1CCC[C@H]1C(=O)O)C(C)C. The molecule has 0 aromatic heterocycles. The highest BCUT2D eigenvalue weighted by Gasteiger charge is 2.40. The van der Waals surface area contributed by atoms with Gasteiger partial charge in [0.05, 0.1) is 6.04 Å². The summed E-state index contributed by atoms with van der Waals surface area (Å²) in [6.45, 7) is 10.9. The van der Waals surface area contributed by atoms with Gasteiger partial charge in [0.1, 0.15) is 36.3 Å². The van der Waals surface area contributed by atoms with Gasteiger partial charge in [-0.15, -0.1) is 0 Å². The van der Waals surface area contributed by atoms with Crippen molar-refractivity contribution >= 4 is 47.4 Å². The van der Waals surface area contributed by atoms with Crippen LogP contribution < -0.4 is 38.5 Å². The summed E-state index contributed by atoms with van der Waals surface area (Å²) in [5, 5.41) is 20.0. The summed E-state index contributed by atoms with van der Waals surface area (Å²) in [4.78, 5) is 97.6. The molecule has 0 bridgehead atoms. The number of nitrogens with two attached hydrogens (primary N) is 3. The zero-order valence-electron chi connectivity index (χ0n) is 30.6. The van der Waals surface area contributed by atoms with Crippen LogP contribution in [0, 0.1) is 11.8 Å². The van der Waals surface area contributed by atoms with Crippen LogP contribution in [0.1, 0.15) is 86.5 Å². The van der Waals surface area contributed by atoms with E-state index in [1.165, 1.54) is 23.6 Å². The number of aliphatic imine (C=N–C) groups is 1. The van der Waals surface area contributed by atoms with Crippen LogP contribution in [0.4, 0.5) is 0 Å². The van der Waals surface area contributed by atoms with E-state index in [0.717, 1.165) is 0 Å². The molecule has 0 spiro atoms. The third-order valence-corrected chi connectivity index (χ3v) is 9.01. The number of rotatable bonds is 18. The maximum atomic E-state index is 13.8. The molecule has 0 radical (unpaired) electrons. The second-order valence-corrected chi connectivity index (χ2v) is 14.2. The van der Waals surface area contributed by atoms with Crippen molar-refractivity contribution in [1.29, 1.82) is 0 Å². The minimum atomic E-state index is -1.11. The molecule has 51 heavy (non-hydrogen) atoms. The normalized spacial score (nSPS) is 20.2. The van der Waals surface area contributed by atoms with Crippen molar-refractivity contribution < 1.29 is 38.7 Å². The monoisotopic (exact) mass is 722 g/mol. The highest BCUT2D eigenvalue weighted by Crippen LogP contribution is 2.21. The molecule has 0 aromatic rings. The maximum absolute atomic E-state index is 13.8. The van der Waals surface area contributed by atoms with E-state index < -0.39 is 89.6 Å². The molecule has 2 rings (SSSR count). The molecule has 288 valence electrons. The Morgan fingerprint density at radius 2 is 1.33 bits per heavy atom. The van der Waals surface area contributed by atoms with Gasteiger partial charge in [0.25, 0.3) is 0 Å². The van der Waals surface area contributed by atoms with E-state index in [-0.39, 0.29) is 37.9 Å². The molecule has 2 heterocycles. The van der Waals surface area contributed by atoms with Gasteiger partial charge in [0.2, 0.25) is 35.4 Å². The first kappa shape index (κ1) is 42.7. The van der Waals surface area contributed by atoms with Gasteiger partial charge in [0.15, 0.2) is 5.96 Å². The molecule has 18 nitrogen and oxygen atoms in total. The van der Waals surface area contributed by atoms with Crippen molar-refractivity contribution in [2.24, 2.45) is 34.0 Å². The van der Waals surface area contributed by atoms with E-state index in [0.29, 0.717) is 38.5 Å². The van der Waals surface area contributed by atoms with Crippen molar-refractivity contribution in [1.82, 2.24) is 31.1 Å². The molecule has 7 atom stereocenters. The molecule has 11 N–H and O–H groups in total. The first-order valence-corrected chi connectivity index (χ1v) is 17.7. The molecule has 0 saturated carbocycles. The number of carboxylic acid groups (broad SMARTS) is 1. The fourth-order valence-corrected chi connectivity index (χ4v) is 6.25. The van der Waals surface area contributed by atoms with Crippen molar-refractivity contribution in [3.63, 3.8) is 0 Å². The van der Waals surface area contributed by atoms with E-state index >= 15 is 0 Å². The number of carbonyl (C=O) groups excluding carboxylic acids is 6. The number of guanidine groups is 1. The lowest BCUT2D eigenvalue weighted by Gasteiger charge is -2.31. The van der Waals surface area contributed by atoms with E-state index in [1.807, 2.05) is 13.8 Å². The van der Waals surface area contributed by atoms with Crippen molar-refractivity contribution in [3.05, 3.63) is 0 Å². The van der Waals surface area contributed by atoms with Crippen LogP contribution in [0.3, 0.4) is 0 Å². The number of carbonyl (C=O) groups is 7. The van der Waals surface area contributed by atoms with Gasteiger partial charge in [-0.05, 0) is 70.6 Å². The molecular formula is C33H58N10O8. The summed E-state index contributed by atoms with van der Waals surface area (Å²) < 4.78 is 0. The Morgan fingerprint density at radius 1 is 0.765 bits per heavy atom. The van der Waals surface area contributed by atoms with Gasteiger partial charge >= 0.3 is 5.97 Å². The zero-order valence-corrected chi connectivity index (χ0v) is 30.6. The van der Waals surface area contributed by atoms with Crippen LogP contribution in [0.25, 0.3) is 0 Å². The van der Waals surface area contributed by atoms with Gasteiger partial charge < -0.3 is 53.4 Å². The number of amides is 6. The second kappa shape index (κ2) is 19.8. The summed E-state index contributed by atoms with van der Waals surface area (Å²) in [7, 11) is 0. The number of likely N-dealkylation sites (tertiary alicyclic amines) is 2. The van der Waals surface area contributed by atoms with Gasteiger partial charge in [-0.25, -0.2) is 4.79 Å². The lowest BCUT2D eigenvalue weighted by Crippen LogP contribution is -2.59. The lowest BCUT2D eigenvalue weighted by molar-refractivity contribution is -0.149. The predicted molar refractivity (Wildman–Crippen MR) is 188 cm³/mol. The van der Waals surface area contributed by atoms with Crippen molar-refractivity contribution in [2.75, 3.05) is 19.6 Å². The van der Waals surface area contributed by atoms with E-state index in [2.05, 4.69) is 26.3 Å². The zero-order chi connectivity index (χ0) is 38.6. The molecule has 18 heteroatoms. The third kappa shape index (κ3) is 12.7. The Labute approximate surface area is 299 Å². The molecule has 2 aliphatic rings. The topological polar surface area (TPSA) is 285 Å². The largest absolute Gasteiger partial charge is 0.480 e. The van der Waals surface area contributed by atoms with Crippen LogP contribution in [0.5, 0.6) is 0 Å². The molecule has 0 aliphatic carbocycles. The average Bonchev–Trinajstić information content (AvgIpc) is 3.74. The van der Waals surface area contributed by atoms with Gasteiger partial charge in [-0.3, -0.25) is 33.8 Å². The van der Waals surface area contributed by atoms with E-state index in [1.54, 1.807) is 13.8 Å². The molecule has 2 fully saturated rings.